The summed E-state index contributed by atoms with van der Waals surface area (Å²) in [6.45, 7) is 6.09. The third-order valence-electron chi connectivity index (χ3n) is 5.31. The van der Waals surface area contributed by atoms with Crippen LogP contribution in [0.2, 0.25) is 0 Å². The quantitative estimate of drug-likeness (QED) is 0.457. The highest BCUT2D eigenvalue weighted by molar-refractivity contribution is 5.80. The number of hydrogen-bond donors (Lipinski definition) is 3. The van der Waals surface area contributed by atoms with Crippen molar-refractivity contribution in [3.63, 3.8) is 0 Å². The van der Waals surface area contributed by atoms with Gasteiger partial charge in [-0.25, -0.2) is 0 Å². The summed E-state index contributed by atoms with van der Waals surface area (Å²) in [5, 5.41) is 17.3. The molecule has 7 heteroatoms. The topological polar surface area (TPSA) is 82.0 Å². The summed E-state index contributed by atoms with van der Waals surface area (Å²) in [5.74, 6) is 1.53. The Labute approximate surface area is 179 Å². The smallest absolute Gasteiger partial charge is 0.191 e. The van der Waals surface area contributed by atoms with E-state index in [0.29, 0.717) is 12.6 Å². The lowest BCUT2D eigenvalue weighted by atomic mass is 10.0. The van der Waals surface area contributed by atoms with Gasteiger partial charge < -0.3 is 20.5 Å². The molecule has 2 heterocycles. The highest BCUT2D eigenvalue weighted by Crippen LogP contribution is 2.18. The number of piperidine rings is 1. The minimum absolute atomic E-state index is 0.306. The number of aliphatic hydroxyl groups excluding tert-OH is 1. The third kappa shape index (κ3) is 6.71. The SMILES string of the molecule is CCNC(=NCC(O)c1ccc(OC)cc1)NC1CCN(Cc2ccccn2)CC1. The van der Waals surface area contributed by atoms with E-state index in [1.807, 2.05) is 49.5 Å². The van der Waals surface area contributed by atoms with Crippen LogP contribution in [0.1, 0.15) is 37.1 Å². The number of nitrogens with zero attached hydrogens (tertiary/aromatic N) is 3. The van der Waals surface area contributed by atoms with Crippen molar-refractivity contribution in [2.45, 2.75) is 38.5 Å². The van der Waals surface area contributed by atoms with Crippen molar-refractivity contribution in [2.24, 2.45) is 4.99 Å². The molecule has 0 saturated carbocycles. The molecule has 3 N–H and O–H groups in total. The molecule has 0 radical (unpaired) electrons. The first-order valence-electron chi connectivity index (χ1n) is 10.7. The zero-order chi connectivity index (χ0) is 21.2. The van der Waals surface area contributed by atoms with Gasteiger partial charge in [0, 0.05) is 38.4 Å². The molecule has 3 rings (SSSR count). The molecule has 162 valence electrons. The van der Waals surface area contributed by atoms with Crippen LogP contribution in [0.15, 0.2) is 53.7 Å². The van der Waals surface area contributed by atoms with E-state index < -0.39 is 6.10 Å². The Kier molecular flexibility index (Phi) is 8.47. The maximum Gasteiger partial charge on any atom is 0.191 e. The van der Waals surface area contributed by atoms with Crippen LogP contribution < -0.4 is 15.4 Å². The Morgan fingerprint density at radius 2 is 2.00 bits per heavy atom. The Hall–Kier alpha value is -2.64. The fourth-order valence-corrected chi connectivity index (χ4v) is 3.58. The van der Waals surface area contributed by atoms with Crippen molar-refractivity contribution in [3.05, 3.63) is 59.9 Å². The summed E-state index contributed by atoms with van der Waals surface area (Å²) < 4.78 is 5.17. The zero-order valence-electron chi connectivity index (χ0n) is 17.9. The molecule has 1 aromatic heterocycles. The van der Waals surface area contributed by atoms with Crippen LogP contribution in [0.5, 0.6) is 5.75 Å². The summed E-state index contributed by atoms with van der Waals surface area (Å²) >= 11 is 0. The van der Waals surface area contributed by atoms with Crippen molar-refractivity contribution in [1.82, 2.24) is 20.5 Å². The highest BCUT2D eigenvalue weighted by Gasteiger charge is 2.20. The Morgan fingerprint density at radius 1 is 1.23 bits per heavy atom. The number of guanidine groups is 1. The van der Waals surface area contributed by atoms with E-state index in [0.717, 1.165) is 62.0 Å². The average molecular weight is 412 g/mol. The molecule has 0 spiro atoms. The van der Waals surface area contributed by atoms with Gasteiger partial charge in [-0.3, -0.25) is 14.9 Å². The zero-order valence-corrected chi connectivity index (χ0v) is 17.9. The standard InChI is InChI=1S/C23H33N5O2/c1-3-24-23(26-16-22(29)18-7-9-21(30-2)10-8-18)27-19-11-14-28(15-12-19)17-20-6-4-5-13-25-20/h4-10,13,19,22,29H,3,11-12,14-17H2,1-2H3,(H2,24,26,27). The maximum atomic E-state index is 10.5. The number of methoxy groups -OCH3 is 1. The lowest BCUT2D eigenvalue weighted by Crippen LogP contribution is -2.48. The summed E-state index contributed by atoms with van der Waals surface area (Å²) in [5.41, 5.74) is 1.95. The first-order valence-corrected chi connectivity index (χ1v) is 10.7. The number of aliphatic hydroxyl groups is 1. The fraction of sp³-hybridized carbons (Fsp3) is 0.478. The third-order valence-corrected chi connectivity index (χ3v) is 5.31. The summed E-state index contributed by atoms with van der Waals surface area (Å²) in [7, 11) is 1.63. The van der Waals surface area contributed by atoms with Crippen molar-refractivity contribution in [2.75, 3.05) is 33.3 Å². The van der Waals surface area contributed by atoms with E-state index >= 15 is 0 Å². The summed E-state index contributed by atoms with van der Waals surface area (Å²) in [6.07, 6.45) is 3.31. The van der Waals surface area contributed by atoms with Crippen molar-refractivity contribution < 1.29 is 9.84 Å². The minimum Gasteiger partial charge on any atom is -0.497 e. The summed E-state index contributed by atoms with van der Waals surface area (Å²) in [6, 6.07) is 13.9. The van der Waals surface area contributed by atoms with E-state index in [1.165, 1.54) is 0 Å². The lowest BCUT2D eigenvalue weighted by Gasteiger charge is -2.32. The Morgan fingerprint density at radius 3 is 2.63 bits per heavy atom. The van der Waals surface area contributed by atoms with Crippen LogP contribution in [0.4, 0.5) is 0 Å². The molecule has 1 atom stereocenters. The molecule has 1 aliphatic rings. The number of ether oxygens (including phenoxy) is 1. The van der Waals surface area contributed by atoms with Gasteiger partial charge in [0.2, 0.25) is 0 Å². The molecule has 1 saturated heterocycles. The first-order chi connectivity index (χ1) is 14.7. The molecule has 2 aromatic rings. The number of benzene rings is 1. The van der Waals surface area contributed by atoms with Gasteiger partial charge in [-0.1, -0.05) is 18.2 Å². The number of aromatic nitrogens is 1. The average Bonchev–Trinajstić information content (AvgIpc) is 2.79. The van der Waals surface area contributed by atoms with Gasteiger partial charge in [0.25, 0.3) is 0 Å². The molecule has 1 unspecified atom stereocenters. The van der Waals surface area contributed by atoms with Gasteiger partial charge in [0.15, 0.2) is 5.96 Å². The van der Waals surface area contributed by atoms with E-state index in [-0.39, 0.29) is 0 Å². The predicted octanol–water partition coefficient (Wildman–Crippen LogP) is 2.34. The van der Waals surface area contributed by atoms with Gasteiger partial charge in [-0.05, 0) is 49.6 Å². The molecule has 1 fully saturated rings. The normalized spacial score (nSPS) is 16.8. The first kappa shape index (κ1) is 22.1. The van der Waals surface area contributed by atoms with Gasteiger partial charge in [-0.2, -0.15) is 0 Å². The number of nitrogens with one attached hydrogen (secondary N) is 2. The maximum absolute atomic E-state index is 10.5. The number of likely N-dealkylation sites (tertiary alicyclic amines) is 1. The van der Waals surface area contributed by atoms with Crippen LogP contribution >= 0.6 is 0 Å². The number of pyridine rings is 1. The van der Waals surface area contributed by atoms with Gasteiger partial charge in [-0.15, -0.1) is 0 Å². The summed E-state index contributed by atoms with van der Waals surface area (Å²) in [4.78, 5) is 11.5. The van der Waals surface area contributed by atoms with E-state index in [4.69, 9.17) is 4.74 Å². The van der Waals surface area contributed by atoms with Gasteiger partial charge >= 0.3 is 0 Å². The molecule has 0 aliphatic carbocycles. The van der Waals surface area contributed by atoms with Crippen LogP contribution in [0.3, 0.4) is 0 Å². The molecule has 1 aromatic carbocycles. The van der Waals surface area contributed by atoms with Crippen LogP contribution in [-0.4, -0.2) is 60.3 Å². The fourth-order valence-electron chi connectivity index (χ4n) is 3.58. The molecule has 7 nitrogen and oxygen atoms in total. The largest absolute Gasteiger partial charge is 0.497 e. The second kappa shape index (κ2) is 11.5. The molecular formula is C23H33N5O2. The van der Waals surface area contributed by atoms with E-state index in [9.17, 15) is 5.11 Å². The number of hydrogen-bond acceptors (Lipinski definition) is 5. The van der Waals surface area contributed by atoms with Gasteiger partial charge in [0.05, 0.1) is 25.5 Å². The van der Waals surface area contributed by atoms with Crippen LogP contribution in [-0.2, 0) is 6.54 Å². The minimum atomic E-state index is -0.647. The molecule has 0 bridgehead atoms. The number of aliphatic imine (C=N–C) groups is 1. The number of rotatable bonds is 8. The van der Waals surface area contributed by atoms with Crippen molar-refractivity contribution in [3.8, 4) is 5.75 Å². The monoisotopic (exact) mass is 411 g/mol. The van der Waals surface area contributed by atoms with E-state index in [2.05, 4.69) is 31.6 Å². The van der Waals surface area contributed by atoms with Crippen LogP contribution in [0, 0.1) is 0 Å². The highest BCUT2D eigenvalue weighted by atomic mass is 16.5. The van der Waals surface area contributed by atoms with Crippen molar-refractivity contribution >= 4 is 5.96 Å². The lowest BCUT2D eigenvalue weighted by molar-refractivity contribution is 0.186. The molecule has 30 heavy (non-hydrogen) atoms. The van der Waals surface area contributed by atoms with Crippen LogP contribution in [0.25, 0.3) is 0 Å². The molecule has 1 aliphatic heterocycles. The Bertz CT molecular complexity index is 774. The molecular weight excluding hydrogens is 378 g/mol. The second-order valence-corrected chi connectivity index (χ2v) is 7.52. The van der Waals surface area contributed by atoms with Crippen molar-refractivity contribution in [1.29, 1.82) is 0 Å². The molecule has 0 amide bonds. The Balaban J connectivity index is 1.48. The second-order valence-electron chi connectivity index (χ2n) is 7.52. The predicted molar refractivity (Wildman–Crippen MR) is 120 cm³/mol. The van der Waals surface area contributed by atoms with Gasteiger partial charge in [0.1, 0.15) is 5.75 Å². The van der Waals surface area contributed by atoms with E-state index in [1.54, 1.807) is 7.11 Å².